The number of halogens is 1. The number of nitrogens with zero attached hydrogens (tertiary/aromatic N) is 1. The van der Waals surface area contributed by atoms with E-state index in [0.29, 0.717) is 6.54 Å². The Balaban J connectivity index is 2.10. The van der Waals surface area contributed by atoms with Crippen molar-refractivity contribution in [1.29, 1.82) is 0 Å². The van der Waals surface area contributed by atoms with Crippen LogP contribution in [-0.4, -0.2) is 17.9 Å². The molecule has 0 unspecified atom stereocenters. The van der Waals surface area contributed by atoms with Gasteiger partial charge in [-0.1, -0.05) is 6.07 Å². The summed E-state index contributed by atoms with van der Waals surface area (Å²) >= 11 is 0. The monoisotopic (exact) mass is 259 g/mol. The van der Waals surface area contributed by atoms with Gasteiger partial charge in [0.05, 0.1) is 11.3 Å². The molecule has 2 aromatic rings. The number of rotatable bonds is 4. The van der Waals surface area contributed by atoms with Crippen LogP contribution in [0.2, 0.25) is 0 Å². The second-order valence-corrected chi connectivity index (χ2v) is 3.95. The maximum atomic E-state index is 13.5. The highest BCUT2D eigenvalue weighted by molar-refractivity contribution is 5.99. The van der Waals surface area contributed by atoms with Gasteiger partial charge in [0.15, 0.2) is 0 Å². The first-order valence-corrected chi connectivity index (χ1v) is 5.85. The third-order valence-electron chi connectivity index (χ3n) is 2.71. The molecule has 2 rings (SSSR count). The Hall–Kier alpha value is -2.43. The molecule has 0 bridgehead atoms. The lowest BCUT2D eigenvalue weighted by molar-refractivity contribution is 0.0951. The molecule has 5 heteroatoms. The number of para-hydroxylation sites is 1. The van der Waals surface area contributed by atoms with Crippen LogP contribution in [0.4, 0.5) is 10.1 Å². The molecule has 0 radical (unpaired) electrons. The lowest BCUT2D eigenvalue weighted by Gasteiger charge is -2.10. The normalized spacial score (nSPS) is 10.0. The summed E-state index contributed by atoms with van der Waals surface area (Å²) in [4.78, 5) is 15.9. The summed E-state index contributed by atoms with van der Waals surface area (Å²) < 4.78 is 13.5. The van der Waals surface area contributed by atoms with Crippen LogP contribution in [0.3, 0.4) is 0 Å². The Morgan fingerprint density at radius 2 is 2.00 bits per heavy atom. The first-order chi connectivity index (χ1) is 9.22. The van der Waals surface area contributed by atoms with Crippen LogP contribution in [0.5, 0.6) is 0 Å². The first kappa shape index (κ1) is 13.0. The smallest absolute Gasteiger partial charge is 0.253 e. The number of hydrogen-bond acceptors (Lipinski definition) is 3. The molecule has 19 heavy (non-hydrogen) atoms. The molecule has 2 N–H and O–H groups in total. The summed E-state index contributed by atoms with van der Waals surface area (Å²) in [6.45, 7) is 0.376. The fraction of sp³-hybridized carbons (Fsp3) is 0.143. The SMILES string of the molecule is CNc1c(F)cccc1C(=O)NCc1ccncc1. The van der Waals surface area contributed by atoms with Crippen LogP contribution >= 0.6 is 0 Å². The molecule has 1 aromatic carbocycles. The number of hydrogen-bond donors (Lipinski definition) is 2. The lowest BCUT2D eigenvalue weighted by atomic mass is 10.1. The average Bonchev–Trinajstić information content (AvgIpc) is 2.45. The second-order valence-electron chi connectivity index (χ2n) is 3.95. The molecule has 0 saturated heterocycles. The fourth-order valence-electron chi connectivity index (χ4n) is 1.75. The predicted octanol–water partition coefficient (Wildman–Crippen LogP) is 2.19. The second kappa shape index (κ2) is 5.95. The first-order valence-electron chi connectivity index (χ1n) is 5.85. The molecule has 0 aliphatic rings. The lowest BCUT2D eigenvalue weighted by Crippen LogP contribution is -2.24. The van der Waals surface area contributed by atoms with Crippen LogP contribution < -0.4 is 10.6 Å². The number of aromatic nitrogens is 1. The molecule has 1 aromatic heterocycles. The zero-order valence-electron chi connectivity index (χ0n) is 10.5. The van der Waals surface area contributed by atoms with E-state index < -0.39 is 5.82 Å². The van der Waals surface area contributed by atoms with Crippen LogP contribution in [-0.2, 0) is 6.54 Å². The van der Waals surface area contributed by atoms with E-state index in [-0.39, 0.29) is 17.2 Å². The fourth-order valence-corrected chi connectivity index (χ4v) is 1.75. The minimum atomic E-state index is -0.445. The molecule has 0 saturated carbocycles. The zero-order valence-corrected chi connectivity index (χ0v) is 10.5. The van der Waals surface area contributed by atoms with Crippen molar-refractivity contribution in [1.82, 2.24) is 10.3 Å². The van der Waals surface area contributed by atoms with Gasteiger partial charge in [-0.3, -0.25) is 9.78 Å². The number of benzene rings is 1. The Kier molecular flexibility index (Phi) is 4.07. The Bertz CT molecular complexity index is 572. The number of anilines is 1. The molecule has 0 fully saturated rings. The third-order valence-corrected chi connectivity index (χ3v) is 2.71. The maximum Gasteiger partial charge on any atom is 0.253 e. The summed E-state index contributed by atoms with van der Waals surface area (Å²) in [6, 6.07) is 8.02. The minimum absolute atomic E-state index is 0.203. The van der Waals surface area contributed by atoms with E-state index in [1.165, 1.54) is 12.1 Å². The van der Waals surface area contributed by atoms with E-state index in [4.69, 9.17) is 0 Å². The van der Waals surface area contributed by atoms with Crippen LogP contribution in [0, 0.1) is 5.82 Å². The van der Waals surface area contributed by atoms with E-state index in [1.54, 1.807) is 25.5 Å². The molecule has 98 valence electrons. The Morgan fingerprint density at radius 3 is 2.68 bits per heavy atom. The molecule has 0 atom stereocenters. The van der Waals surface area contributed by atoms with Crippen LogP contribution in [0.25, 0.3) is 0 Å². The van der Waals surface area contributed by atoms with Gasteiger partial charge in [-0.05, 0) is 29.8 Å². The highest BCUT2D eigenvalue weighted by atomic mass is 19.1. The van der Waals surface area contributed by atoms with E-state index in [0.717, 1.165) is 5.56 Å². The molecule has 0 aliphatic carbocycles. The Morgan fingerprint density at radius 1 is 1.26 bits per heavy atom. The number of carbonyl (C=O) groups excluding carboxylic acids is 1. The summed E-state index contributed by atoms with van der Waals surface area (Å²) in [5.74, 6) is -0.764. The van der Waals surface area contributed by atoms with E-state index >= 15 is 0 Å². The van der Waals surface area contributed by atoms with Crippen LogP contribution in [0.1, 0.15) is 15.9 Å². The number of amides is 1. The van der Waals surface area contributed by atoms with Crippen molar-refractivity contribution in [3.63, 3.8) is 0 Å². The topological polar surface area (TPSA) is 54.0 Å². The number of pyridine rings is 1. The molecular formula is C14H14FN3O. The van der Waals surface area contributed by atoms with E-state index in [2.05, 4.69) is 15.6 Å². The van der Waals surface area contributed by atoms with Gasteiger partial charge < -0.3 is 10.6 Å². The average molecular weight is 259 g/mol. The van der Waals surface area contributed by atoms with Gasteiger partial charge in [0.2, 0.25) is 0 Å². The highest BCUT2D eigenvalue weighted by Gasteiger charge is 2.13. The predicted molar refractivity (Wildman–Crippen MR) is 71.4 cm³/mol. The van der Waals surface area contributed by atoms with Crippen molar-refractivity contribution in [2.75, 3.05) is 12.4 Å². The van der Waals surface area contributed by atoms with Gasteiger partial charge in [-0.2, -0.15) is 0 Å². The van der Waals surface area contributed by atoms with Crippen molar-refractivity contribution < 1.29 is 9.18 Å². The van der Waals surface area contributed by atoms with Crippen LogP contribution in [0.15, 0.2) is 42.7 Å². The standard InChI is InChI=1S/C14H14FN3O/c1-16-13-11(3-2-4-12(13)15)14(19)18-9-10-5-7-17-8-6-10/h2-8,16H,9H2,1H3,(H,18,19). The summed E-state index contributed by atoms with van der Waals surface area (Å²) in [6.07, 6.45) is 3.31. The van der Waals surface area contributed by atoms with Crippen molar-refractivity contribution in [3.8, 4) is 0 Å². The summed E-state index contributed by atoms with van der Waals surface area (Å²) in [5.41, 5.74) is 1.43. The van der Waals surface area contributed by atoms with Crippen molar-refractivity contribution >= 4 is 11.6 Å². The number of nitrogens with one attached hydrogen (secondary N) is 2. The molecule has 1 amide bonds. The van der Waals surface area contributed by atoms with Gasteiger partial charge in [0.1, 0.15) is 5.82 Å². The van der Waals surface area contributed by atoms with Crippen molar-refractivity contribution in [2.24, 2.45) is 0 Å². The van der Waals surface area contributed by atoms with E-state index in [1.807, 2.05) is 12.1 Å². The largest absolute Gasteiger partial charge is 0.385 e. The summed E-state index contributed by atoms with van der Waals surface area (Å²) in [7, 11) is 1.58. The third kappa shape index (κ3) is 3.07. The van der Waals surface area contributed by atoms with Gasteiger partial charge in [0, 0.05) is 26.0 Å². The molecule has 0 spiro atoms. The maximum absolute atomic E-state index is 13.5. The van der Waals surface area contributed by atoms with Gasteiger partial charge in [-0.25, -0.2) is 4.39 Å². The molecule has 4 nitrogen and oxygen atoms in total. The molecular weight excluding hydrogens is 245 g/mol. The van der Waals surface area contributed by atoms with Gasteiger partial charge in [0.25, 0.3) is 5.91 Å². The van der Waals surface area contributed by atoms with E-state index in [9.17, 15) is 9.18 Å². The quantitative estimate of drug-likeness (QED) is 0.885. The van der Waals surface area contributed by atoms with Crippen molar-refractivity contribution in [3.05, 3.63) is 59.7 Å². The van der Waals surface area contributed by atoms with Crippen molar-refractivity contribution in [2.45, 2.75) is 6.54 Å². The van der Waals surface area contributed by atoms with Gasteiger partial charge >= 0.3 is 0 Å². The zero-order chi connectivity index (χ0) is 13.7. The van der Waals surface area contributed by atoms with Gasteiger partial charge in [-0.15, -0.1) is 0 Å². The Labute approximate surface area is 110 Å². The highest BCUT2D eigenvalue weighted by Crippen LogP contribution is 2.19. The molecule has 0 aliphatic heterocycles. The number of carbonyl (C=O) groups is 1. The minimum Gasteiger partial charge on any atom is -0.385 e. The molecule has 1 heterocycles. The summed E-state index contributed by atoms with van der Waals surface area (Å²) in [5, 5.41) is 5.44.